The summed E-state index contributed by atoms with van der Waals surface area (Å²) in [6.07, 6.45) is 1.15. The van der Waals surface area contributed by atoms with E-state index in [0.29, 0.717) is 24.4 Å². The van der Waals surface area contributed by atoms with E-state index in [2.05, 4.69) is 5.32 Å². The third kappa shape index (κ3) is 5.62. The quantitative estimate of drug-likeness (QED) is 0.861. The highest BCUT2D eigenvalue weighted by molar-refractivity contribution is 6.30. The van der Waals surface area contributed by atoms with Gasteiger partial charge in [0.2, 0.25) is 5.91 Å². The first-order valence-corrected chi connectivity index (χ1v) is 4.85. The molecule has 3 N–H and O–H groups in total. The van der Waals surface area contributed by atoms with Gasteiger partial charge in [-0.1, -0.05) is 17.7 Å². The molecule has 1 aromatic rings. The molecular weight excluding hydrogens is 235 g/mol. The van der Waals surface area contributed by atoms with Gasteiger partial charge in [-0.2, -0.15) is 0 Å². The van der Waals surface area contributed by atoms with Crippen LogP contribution >= 0.6 is 24.0 Å². The number of hydrogen-bond acceptors (Lipinski definition) is 2. The Balaban J connectivity index is 0.00000196. The van der Waals surface area contributed by atoms with Gasteiger partial charge in [0.25, 0.3) is 0 Å². The second kappa shape index (κ2) is 7.51. The van der Waals surface area contributed by atoms with Gasteiger partial charge >= 0.3 is 0 Å². The lowest BCUT2D eigenvalue weighted by Crippen LogP contribution is -2.13. The van der Waals surface area contributed by atoms with Gasteiger partial charge in [-0.15, -0.1) is 12.4 Å². The maximum Gasteiger partial charge on any atom is 0.224 e. The third-order valence-corrected chi connectivity index (χ3v) is 1.95. The minimum atomic E-state index is -0.0299. The lowest BCUT2D eigenvalue weighted by Gasteiger charge is -2.04. The highest BCUT2D eigenvalue weighted by Crippen LogP contribution is 2.14. The predicted octanol–water partition coefficient (Wildman–Crippen LogP) is 2.44. The molecule has 0 aromatic heterocycles. The Labute approximate surface area is 100 Å². The van der Waals surface area contributed by atoms with Crippen molar-refractivity contribution in [1.82, 2.24) is 0 Å². The van der Waals surface area contributed by atoms with Crippen molar-refractivity contribution in [2.24, 2.45) is 5.73 Å². The van der Waals surface area contributed by atoms with Crippen LogP contribution < -0.4 is 11.1 Å². The molecule has 5 heteroatoms. The second-order valence-electron chi connectivity index (χ2n) is 2.95. The van der Waals surface area contributed by atoms with E-state index in [1.807, 2.05) is 0 Å². The molecule has 0 saturated heterocycles. The first-order valence-electron chi connectivity index (χ1n) is 4.48. The van der Waals surface area contributed by atoms with Crippen LogP contribution in [-0.2, 0) is 4.79 Å². The van der Waals surface area contributed by atoms with E-state index in [4.69, 9.17) is 17.3 Å². The van der Waals surface area contributed by atoms with Gasteiger partial charge in [0, 0.05) is 17.1 Å². The Kier molecular flexibility index (Phi) is 7.13. The zero-order valence-corrected chi connectivity index (χ0v) is 9.77. The van der Waals surface area contributed by atoms with Gasteiger partial charge in [0.1, 0.15) is 0 Å². The molecule has 84 valence electrons. The third-order valence-electron chi connectivity index (χ3n) is 1.72. The lowest BCUT2D eigenvalue weighted by atomic mass is 10.2. The van der Waals surface area contributed by atoms with E-state index < -0.39 is 0 Å². The fourth-order valence-electron chi connectivity index (χ4n) is 1.05. The molecule has 0 spiro atoms. The summed E-state index contributed by atoms with van der Waals surface area (Å²) in [5.74, 6) is -0.0299. The minimum absolute atomic E-state index is 0. The van der Waals surface area contributed by atoms with Gasteiger partial charge in [0.05, 0.1) is 0 Å². The molecule has 0 aliphatic carbocycles. The molecule has 0 atom stereocenters. The zero-order chi connectivity index (χ0) is 10.4. The van der Waals surface area contributed by atoms with E-state index in [0.717, 1.165) is 5.69 Å². The number of nitrogens with two attached hydrogens (primary N) is 1. The van der Waals surface area contributed by atoms with Gasteiger partial charge in [-0.05, 0) is 31.2 Å². The summed E-state index contributed by atoms with van der Waals surface area (Å²) in [5.41, 5.74) is 6.01. The first kappa shape index (κ1) is 14.2. The van der Waals surface area contributed by atoms with Crippen molar-refractivity contribution in [3.63, 3.8) is 0 Å². The Bertz CT molecular complexity index is 318. The van der Waals surface area contributed by atoms with Crippen molar-refractivity contribution < 1.29 is 4.79 Å². The Morgan fingerprint density at radius 1 is 1.47 bits per heavy atom. The maximum absolute atomic E-state index is 11.3. The van der Waals surface area contributed by atoms with Crippen LogP contribution in [0.1, 0.15) is 12.8 Å². The second-order valence-corrected chi connectivity index (χ2v) is 3.39. The number of nitrogens with one attached hydrogen (secondary N) is 1. The fourth-order valence-corrected chi connectivity index (χ4v) is 1.24. The normalized spacial score (nSPS) is 9.20. The van der Waals surface area contributed by atoms with Crippen LogP contribution in [0.25, 0.3) is 0 Å². The van der Waals surface area contributed by atoms with Gasteiger partial charge in [-0.3, -0.25) is 4.79 Å². The van der Waals surface area contributed by atoms with Crippen molar-refractivity contribution in [3.8, 4) is 0 Å². The molecule has 15 heavy (non-hydrogen) atoms. The molecule has 3 nitrogen and oxygen atoms in total. The summed E-state index contributed by atoms with van der Waals surface area (Å²) in [7, 11) is 0. The zero-order valence-electron chi connectivity index (χ0n) is 8.20. The summed E-state index contributed by atoms with van der Waals surface area (Å²) in [6, 6.07) is 7.06. The predicted molar refractivity (Wildman–Crippen MR) is 65.6 cm³/mol. The largest absolute Gasteiger partial charge is 0.330 e. The lowest BCUT2D eigenvalue weighted by molar-refractivity contribution is -0.116. The molecule has 0 fully saturated rings. The van der Waals surface area contributed by atoms with Gasteiger partial charge in [0.15, 0.2) is 0 Å². The molecule has 1 amide bonds. The van der Waals surface area contributed by atoms with Crippen LogP contribution in [0.15, 0.2) is 24.3 Å². The molecule has 0 unspecified atom stereocenters. The topological polar surface area (TPSA) is 55.1 Å². The van der Waals surface area contributed by atoms with Crippen molar-refractivity contribution in [2.45, 2.75) is 12.8 Å². The van der Waals surface area contributed by atoms with E-state index in [9.17, 15) is 4.79 Å². The smallest absolute Gasteiger partial charge is 0.224 e. The first-order chi connectivity index (χ1) is 6.72. The van der Waals surface area contributed by atoms with Crippen molar-refractivity contribution in [3.05, 3.63) is 29.3 Å². The van der Waals surface area contributed by atoms with Crippen LogP contribution in [0.5, 0.6) is 0 Å². The van der Waals surface area contributed by atoms with Gasteiger partial charge < -0.3 is 11.1 Å². The number of hydrogen-bond donors (Lipinski definition) is 2. The molecule has 1 rings (SSSR count). The highest BCUT2D eigenvalue weighted by atomic mass is 35.5. The van der Waals surface area contributed by atoms with Gasteiger partial charge in [-0.25, -0.2) is 0 Å². The summed E-state index contributed by atoms with van der Waals surface area (Å²) in [4.78, 5) is 11.3. The Morgan fingerprint density at radius 2 is 2.20 bits per heavy atom. The maximum atomic E-state index is 11.3. The van der Waals surface area contributed by atoms with Crippen LogP contribution in [0, 0.1) is 0 Å². The Morgan fingerprint density at radius 3 is 2.80 bits per heavy atom. The molecule has 0 radical (unpaired) electrons. The van der Waals surface area contributed by atoms with E-state index in [1.54, 1.807) is 24.3 Å². The summed E-state index contributed by atoms with van der Waals surface area (Å²) in [6.45, 7) is 0.531. The van der Waals surface area contributed by atoms with Crippen LogP contribution in [0.2, 0.25) is 5.02 Å². The van der Waals surface area contributed by atoms with Crippen LogP contribution in [-0.4, -0.2) is 12.5 Å². The summed E-state index contributed by atoms with van der Waals surface area (Å²) in [5, 5.41) is 3.35. The molecule has 0 bridgehead atoms. The standard InChI is InChI=1S/C10H13ClN2O.ClH/c11-8-3-1-4-9(7-8)13-10(14)5-2-6-12;/h1,3-4,7H,2,5-6,12H2,(H,13,14);1H. The van der Waals surface area contributed by atoms with Crippen molar-refractivity contribution in [1.29, 1.82) is 0 Å². The van der Waals surface area contributed by atoms with Crippen LogP contribution in [0.4, 0.5) is 5.69 Å². The number of benzene rings is 1. The minimum Gasteiger partial charge on any atom is -0.330 e. The Hall–Kier alpha value is -0.770. The molecule has 0 saturated carbocycles. The number of rotatable bonds is 4. The molecule has 1 aromatic carbocycles. The van der Waals surface area contributed by atoms with E-state index >= 15 is 0 Å². The van der Waals surface area contributed by atoms with E-state index in [1.165, 1.54) is 0 Å². The number of halogens is 2. The molecular formula is C10H14Cl2N2O. The molecule has 0 heterocycles. The number of anilines is 1. The summed E-state index contributed by atoms with van der Waals surface area (Å²) < 4.78 is 0. The number of carbonyl (C=O) groups excluding carboxylic acids is 1. The van der Waals surface area contributed by atoms with Crippen molar-refractivity contribution in [2.75, 3.05) is 11.9 Å². The molecule has 0 aliphatic rings. The fraction of sp³-hybridized carbons (Fsp3) is 0.300. The monoisotopic (exact) mass is 248 g/mol. The number of amides is 1. The SMILES string of the molecule is Cl.NCCCC(=O)Nc1cccc(Cl)c1. The number of carbonyl (C=O) groups is 1. The van der Waals surface area contributed by atoms with E-state index in [-0.39, 0.29) is 18.3 Å². The van der Waals surface area contributed by atoms with Crippen molar-refractivity contribution >= 4 is 35.6 Å². The average molecular weight is 249 g/mol. The molecule has 0 aliphatic heterocycles. The highest BCUT2D eigenvalue weighted by Gasteiger charge is 2.01. The average Bonchev–Trinajstić information content (AvgIpc) is 2.15. The van der Waals surface area contributed by atoms with Crippen LogP contribution in [0.3, 0.4) is 0 Å². The summed E-state index contributed by atoms with van der Waals surface area (Å²) >= 11 is 5.76.